The van der Waals surface area contributed by atoms with Crippen LogP contribution in [0.5, 0.6) is 11.5 Å². The van der Waals surface area contributed by atoms with Crippen molar-refractivity contribution in [2.24, 2.45) is 0 Å². The number of anilines is 1. The van der Waals surface area contributed by atoms with Crippen LogP contribution in [0.1, 0.15) is 11.1 Å². The first-order valence-electron chi connectivity index (χ1n) is 9.65. The van der Waals surface area contributed by atoms with Gasteiger partial charge < -0.3 is 14.8 Å². The Morgan fingerprint density at radius 2 is 1.81 bits per heavy atom. The Labute approximate surface area is 191 Å². The molecule has 0 bridgehead atoms. The lowest BCUT2D eigenvalue weighted by atomic mass is 10.1. The fourth-order valence-electron chi connectivity index (χ4n) is 2.73. The van der Waals surface area contributed by atoms with Crippen molar-refractivity contribution >= 4 is 29.3 Å². The molecule has 0 aliphatic carbocycles. The van der Waals surface area contributed by atoms with Gasteiger partial charge in [-0.25, -0.2) is 0 Å². The molecule has 0 saturated heterocycles. The average molecular weight is 443 g/mol. The van der Waals surface area contributed by atoms with Crippen molar-refractivity contribution in [3.05, 3.63) is 94.5 Å². The van der Waals surface area contributed by atoms with Gasteiger partial charge in [-0.1, -0.05) is 53.9 Å². The molecule has 0 spiro atoms. The van der Waals surface area contributed by atoms with E-state index in [0.717, 1.165) is 5.56 Å². The van der Waals surface area contributed by atoms with Crippen LogP contribution < -0.4 is 14.8 Å². The predicted molar refractivity (Wildman–Crippen MR) is 125 cm³/mol. The van der Waals surface area contributed by atoms with E-state index >= 15 is 0 Å². The molecule has 0 aliphatic rings. The molecule has 0 saturated carbocycles. The molecule has 0 radical (unpaired) electrons. The zero-order chi connectivity index (χ0) is 22.8. The highest BCUT2D eigenvalue weighted by Gasteiger charge is 2.11. The van der Waals surface area contributed by atoms with E-state index in [9.17, 15) is 10.1 Å². The first-order chi connectivity index (χ1) is 15.6. The first kappa shape index (κ1) is 22.5. The van der Waals surface area contributed by atoms with Gasteiger partial charge in [0, 0.05) is 5.69 Å². The molecule has 0 unspecified atom stereocenters. The van der Waals surface area contributed by atoms with Gasteiger partial charge in [0.25, 0.3) is 5.91 Å². The van der Waals surface area contributed by atoms with Crippen molar-refractivity contribution in [3.63, 3.8) is 0 Å². The molecule has 0 heterocycles. The van der Waals surface area contributed by atoms with Crippen LogP contribution in [-0.2, 0) is 11.4 Å². The number of nitrogens with zero attached hydrogens (tertiary/aromatic N) is 1. The van der Waals surface area contributed by atoms with Crippen molar-refractivity contribution in [3.8, 4) is 29.9 Å². The minimum absolute atomic E-state index is 0.0669. The number of hydrogen-bond donors (Lipinski definition) is 1. The number of halogens is 1. The zero-order valence-electron chi connectivity index (χ0n) is 17.0. The van der Waals surface area contributed by atoms with Crippen molar-refractivity contribution < 1.29 is 14.3 Å². The van der Waals surface area contributed by atoms with Crippen molar-refractivity contribution in [1.29, 1.82) is 5.26 Å². The monoisotopic (exact) mass is 442 g/mol. The van der Waals surface area contributed by atoms with E-state index in [4.69, 9.17) is 27.5 Å². The van der Waals surface area contributed by atoms with Crippen LogP contribution in [0.15, 0.2) is 78.4 Å². The second kappa shape index (κ2) is 11.3. The molecule has 158 valence electrons. The Balaban J connectivity index is 1.62. The maximum Gasteiger partial charge on any atom is 0.266 e. The summed E-state index contributed by atoms with van der Waals surface area (Å²) in [5, 5.41) is 12.5. The first-order valence-corrected chi connectivity index (χ1v) is 10.0. The minimum Gasteiger partial charge on any atom is -0.489 e. The normalized spacial score (nSPS) is 10.5. The van der Waals surface area contributed by atoms with Gasteiger partial charge in [0.1, 0.15) is 36.4 Å². The van der Waals surface area contributed by atoms with Crippen LogP contribution in [0.2, 0.25) is 5.02 Å². The zero-order valence-corrected chi connectivity index (χ0v) is 17.8. The fourth-order valence-corrected chi connectivity index (χ4v) is 2.98. The SMILES string of the molecule is C#CCOc1ccc(/C=C(\C#N)C(=O)Nc2ccc(OCc3ccccc3)cc2)cc1Cl. The number of carbonyl (C=O) groups is 1. The van der Waals surface area contributed by atoms with Gasteiger partial charge in [-0.2, -0.15) is 5.26 Å². The van der Waals surface area contributed by atoms with Gasteiger partial charge in [0.05, 0.1) is 5.02 Å². The lowest BCUT2D eigenvalue weighted by Gasteiger charge is -2.09. The van der Waals surface area contributed by atoms with Gasteiger partial charge in [0.2, 0.25) is 0 Å². The Hall–Kier alpha value is -4.19. The lowest BCUT2D eigenvalue weighted by molar-refractivity contribution is -0.112. The number of benzene rings is 3. The predicted octanol–water partition coefficient (Wildman–Crippen LogP) is 5.48. The summed E-state index contributed by atoms with van der Waals surface area (Å²) in [4.78, 5) is 12.5. The smallest absolute Gasteiger partial charge is 0.266 e. The maximum atomic E-state index is 12.5. The Kier molecular flexibility index (Phi) is 7.92. The number of nitriles is 1. The van der Waals surface area contributed by atoms with E-state index in [1.165, 1.54) is 6.08 Å². The van der Waals surface area contributed by atoms with E-state index in [-0.39, 0.29) is 12.2 Å². The Bertz CT molecular complexity index is 1190. The molecule has 1 amide bonds. The molecule has 1 N–H and O–H groups in total. The third kappa shape index (κ3) is 6.40. The van der Waals surface area contributed by atoms with Crippen LogP contribution in [0.25, 0.3) is 6.08 Å². The van der Waals surface area contributed by atoms with Crippen LogP contribution in [0.3, 0.4) is 0 Å². The summed E-state index contributed by atoms with van der Waals surface area (Å²) in [5.41, 5.74) is 2.12. The minimum atomic E-state index is -0.533. The Morgan fingerprint density at radius 1 is 1.06 bits per heavy atom. The second-order valence-corrected chi connectivity index (χ2v) is 7.01. The van der Waals surface area contributed by atoms with E-state index in [2.05, 4.69) is 11.2 Å². The molecule has 3 rings (SSSR count). The topological polar surface area (TPSA) is 71.3 Å². The molecular weight excluding hydrogens is 424 g/mol. The van der Waals surface area contributed by atoms with E-state index in [1.54, 1.807) is 42.5 Å². The molecule has 0 atom stereocenters. The molecule has 32 heavy (non-hydrogen) atoms. The van der Waals surface area contributed by atoms with Gasteiger partial charge >= 0.3 is 0 Å². The number of amides is 1. The summed E-state index contributed by atoms with van der Waals surface area (Å²) in [5.74, 6) is 2.93. The summed E-state index contributed by atoms with van der Waals surface area (Å²) in [6, 6.07) is 23.6. The number of rotatable bonds is 8. The molecule has 3 aromatic rings. The average Bonchev–Trinajstić information content (AvgIpc) is 2.82. The summed E-state index contributed by atoms with van der Waals surface area (Å²) in [6.07, 6.45) is 6.62. The molecule has 5 nitrogen and oxygen atoms in total. The molecule has 3 aromatic carbocycles. The third-order valence-electron chi connectivity index (χ3n) is 4.30. The highest BCUT2D eigenvalue weighted by atomic mass is 35.5. The van der Waals surface area contributed by atoms with Crippen LogP contribution in [0, 0.1) is 23.7 Å². The quantitative estimate of drug-likeness (QED) is 0.285. The number of nitrogens with one attached hydrogen (secondary N) is 1. The number of carbonyl (C=O) groups excluding carboxylic acids is 1. The van der Waals surface area contributed by atoms with Gasteiger partial charge in [-0.3, -0.25) is 4.79 Å². The molecule has 6 heteroatoms. The molecule has 0 fully saturated rings. The van der Waals surface area contributed by atoms with Crippen LogP contribution in [-0.4, -0.2) is 12.5 Å². The molecular formula is C26H19ClN2O3. The van der Waals surface area contributed by atoms with Crippen molar-refractivity contribution in [1.82, 2.24) is 0 Å². The molecule has 0 aromatic heterocycles. The van der Waals surface area contributed by atoms with Gasteiger partial charge in [-0.15, -0.1) is 6.42 Å². The lowest BCUT2D eigenvalue weighted by Crippen LogP contribution is -2.13. The van der Waals surface area contributed by atoms with Crippen molar-refractivity contribution in [2.75, 3.05) is 11.9 Å². The van der Waals surface area contributed by atoms with Crippen LogP contribution >= 0.6 is 11.6 Å². The number of hydrogen-bond acceptors (Lipinski definition) is 4. The largest absolute Gasteiger partial charge is 0.489 e. The highest BCUT2D eigenvalue weighted by molar-refractivity contribution is 6.32. The van der Waals surface area contributed by atoms with Crippen LogP contribution in [0.4, 0.5) is 5.69 Å². The number of ether oxygens (including phenoxy) is 2. The summed E-state index contributed by atoms with van der Waals surface area (Å²) >= 11 is 6.16. The second-order valence-electron chi connectivity index (χ2n) is 6.61. The van der Waals surface area contributed by atoms with E-state index in [0.29, 0.717) is 34.4 Å². The van der Waals surface area contributed by atoms with E-state index < -0.39 is 5.91 Å². The summed E-state index contributed by atoms with van der Waals surface area (Å²) in [7, 11) is 0. The van der Waals surface area contributed by atoms with Crippen molar-refractivity contribution in [2.45, 2.75) is 6.61 Å². The summed E-state index contributed by atoms with van der Waals surface area (Å²) in [6.45, 7) is 0.541. The highest BCUT2D eigenvalue weighted by Crippen LogP contribution is 2.26. The third-order valence-corrected chi connectivity index (χ3v) is 4.60. The maximum absolute atomic E-state index is 12.5. The van der Waals surface area contributed by atoms with Gasteiger partial charge in [0.15, 0.2) is 0 Å². The Morgan fingerprint density at radius 3 is 2.47 bits per heavy atom. The standard InChI is InChI=1S/C26H19ClN2O3/c1-2-14-31-25-13-8-20(16-24(25)27)15-21(17-28)26(30)29-22-9-11-23(12-10-22)32-18-19-6-4-3-5-7-19/h1,3-13,15-16H,14,18H2,(H,29,30)/b21-15+. The molecule has 0 aliphatic heterocycles. The summed E-state index contributed by atoms with van der Waals surface area (Å²) < 4.78 is 11.0. The number of terminal acetylenes is 1. The fraction of sp³-hybridized carbons (Fsp3) is 0.0769. The van der Waals surface area contributed by atoms with E-state index in [1.807, 2.05) is 36.4 Å². The van der Waals surface area contributed by atoms with Gasteiger partial charge in [-0.05, 0) is 53.6 Å².